The summed E-state index contributed by atoms with van der Waals surface area (Å²) < 4.78 is 0. The van der Waals surface area contributed by atoms with Crippen LogP contribution in [0.15, 0.2) is 6.07 Å². The molecule has 1 saturated carbocycles. The number of thiophene rings is 1. The lowest BCUT2D eigenvalue weighted by Crippen LogP contribution is -2.34. The number of aromatic nitrogens is 2. The number of piperidine rings is 1. The molecular weight excluding hydrogens is 342 g/mol. The van der Waals surface area contributed by atoms with Crippen LogP contribution in [0.5, 0.6) is 0 Å². The third-order valence-electron chi connectivity index (χ3n) is 6.28. The van der Waals surface area contributed by atoms with Crippen molar-refractivity contribution in [1.29, 1.82) is 0 Å². The molecule has 1 saturated heterocycles. The van der Waals surface area contributed by atoms with Crippen molar-refractivity contribution in [3.8, 4) is 0 Å². The molecule has 142 valence electrons. The molecule has 0 amide bonds. The highest BCUT2D eigenvalue weighted by molar-refractivity contribution is 7.18. The molecule has 3 heterocycles. The molecule has 2 aromatic heterocycles. The van der Waals surface area contributed by atoms with E-state index in [0.29, 0.717) is 11.3 Å². The Labute approximate surface area is 160 Å². The SMILES string of the molecule is Cc1nc(C(O)N2CCCCC2)c2cc(C3CCC(C)(C)CC3)sc2n1. The summed E-state index contributed by atoms with van der Waals surface area (Å²) in [4.78, 5) is 14.0. The van der Waals surface area contributed by atoms with Crippen molar-refractivity contribution in [1.82, 2.24) is 14.9 Å². The zero-order valence-electron chi connectivity index (χ0n) is 16.3. The largest absolute Gasteiger partial charge is 0.372 e. The first-order chi connectivity index (χ1) is 12.4. The molecule has 0 bridgehead atoms. The van der Waals surface area contributed by atoms with Gasteiger partial charge in [0.05, 0.1) is 5.69 Å². The van der Waals surface area contributed by atoms with Crippen molar-refractivity contribution in [3.63, 3.8) is 0 Å². The third-order valence-corrected chi connectivity index (χ3v) is 7.47. The highest BCUT2D eigenvalue weighted by Crippen LogP contribution is 2.45. The van der Waals surface area contributed by atoms with E-state index in [1.54, 1.807) is 0 Å². The van der Waals surface area contributed by atoms with Crippen molar-refractivity contribution in [2.24, 2.45) is 5.41 Å². The number of nitrogens with zero attached hydrogens (tertiary/aromatic N) is 3. The van der Waals surface area contributed by atoms with Gasteiger partial charge in [-0.1, -0.05) is 20.3 Å². The number of likely N-dealkylation sites (tertiary alicyclic amines) is 1. The summed E-state index contributed by atoms with van der Waals surface area (Å²) in [6.45, 7) is 8.63. The standard InChI is InChI=1S/C21H31N3OS/c1-14-22-18(20(25)24-11-5-4-6-12-24)16-13-17(26-19(16)23-14)15-7-9-21(2,3)10-8-15/h13,15,20,25H,4-12H2,1-3H3. The Hall–Kier alpha value is -1.04. The van der Waals surface area contributed by atoms with Gasteiger partial charge in [0.1, 0.15) is 10.7 Å². The van der Waals surface area contributed by atoms with Crippen LogP contribution in [0.3, 0.4) is 0 Å². The molecule has 1 N–H and O–H groups in total. The fraction of sp³-hybridized carbons (Fsp3) is 0.714. The van der Waals surface area contributed by atoms with Gasteiger partial charge in [-0.3, -0.25) is 4.90 Å². The van der Waals surface area contributed by atoms with Crippen molar-refractivity contribution in [3.05, 3.63) is 22.5 Å². The van der Waals surface area contributed by atoms with E-state index in [2.05, 4.69) is 34.8 Å². The first-order valence-corrected chi connectivity index (χ1v) is 10.9. The molecule has 4 rings (SSSR count). The molecule has 0 radical (unpaired) electrons. The van der Waals surface area contributed by atoms with Crippen LogP contribution in [0.2, 0.25) is 0 Å². The summed E-state index contributed by atoms with van der Waals surface area (Å²) in [6, 6.07) is 2.28. The van der Waals surface area contributed by atoms with Crippen LogP contribution in [0.1, 0.15) is 87.3 Å². The molecule has 0 spiro atoms. The molecule has 1 atom stereocenters. The molecule has 2 aromatic rings. The van der Waals surface area contributed by atoms with Crippen LogP contribution in [-0.2, 0) is 0 Å². The number of aliphatic hydroxyl groups is 1. The molecule has 5 heteroatoms. The molecule has 4 nitrogen and oxygen atoms in total. The van der Waals surface area contributed by atoms with Crippen LogP contribution in [-0.4, -0.2) is 33.1 Å². The van der Waals surface area contributed by atoms with Crippen LogP contribution in [0.25, 0.3) is 10.2 Å². The van der Waals surface area contributed by atoms with E-state index in [1.807, 2.05) is 18.3 Å². The van der Waals surface area contributed by atoms with Crippen molar-refractivity contribution in [2.45, 2.75) is 77.9 Å². The predicted octanol–water partition coefficient (Wildman–Crippen LogP) is 5.16. The Morgan fingerprint density at radius 3 is 2.54 bits per heavy atom. The minimum Gasteiger partial charge on any atom is -0.372 e. The van der Waals surface area contributed by atoms with Crippen LogP contribution >= 0.6 is 11.3 Å². The Morgan fingerprint density at radius 2 is 1.85 bits per heavy atom. The van der Waals surface area contributed by atoms with Gasteiger partial charge >= 0.3 is 0 Å². The Morgan fingerprint density at radius 1 is 1.15 bits per heavy atom. The Balaban J connectivity index is 1.65. The fourth-order valence-corrected chi connectivity index (χ4v) is 5.74. The van der Waals surface area contributed by atoms with Crippen molar-refractivity contribution < 1.29 is 5.11 Å². The maximum absolute atomic E-state index is 11.0. The molecule has 1 unspecified atom stereocenters. The number of aliphatic hydroxyl groups excluding tert-OH is 1. The average Bonchev–Trinajstić information content (AvgIpc) is 3.04. The summed E-state index contributed by atoms with van der Waals surface area (Å²) >= 11 is 1.82. The number of rotatable bonds is 3. The summed E-state index contributed by atoms with van der Waals surface area (Å²) in [5, 5.41) is 12.1. The summed E-state index contributed by atoms with van der Waals surface area (Å²) in [5.74, 6) is 1.41. The molecule has 1 aliphatic heterocycles. The Kier molecular flexibility index (Phi) is 5.06. The normalized spacial score (nSPS) is 23.4. The first-order valence-electron chi connectivity index (χ1n) is 10.1. The smallest absolute Gasteiger partial charge is 0.151 e. The van der Waals surface area contributed by atoms with E-state index >= 15 is 0 Å². The van der Waals surface area contributed by atoms with E-state index in [1.165, 1.54) is 37.0 Å². The van der Waals surface area contributed by atoms with Gasteiger partial charge in [-0.05, 0) is 62.8 Å². The van der Waals surface area contributed by atoms with E-state index in [-0.39, 0.29) is 0 Å². The maximum atomic E-state index is 11.0. The van der Waals surface area contributed by atoms with Gasteiger partial charge in [-0.15, -0.1) is 11.3 Å². The zero-order chi connectivity index (χ0) is 18.3. The summed E-state index contributed by atoms with van der Waals surface area (Å²) in [6.07, 6.45) is 8.09. The number of aryl methyl sites for hydroxylation is 1. The maximum Gasteiger partial charge on any atom is 0.151 e. The van der Waals surface area contributed by atoms with Crippen LogP contribution in [0, 0.1) is 12.3 Å². The zero-order valence-corrected chi connectivity index (χ0v) is 17.1. The van der Waals surface area contributed by atoms with Gasteiger partial charge in [0, 0.05) is 23.4 Å². The minimum atomic E-state index is -0.604. The van der Waals surface area contributed by atoms with Crippen LogP contribution in [0.4, 0.5) is 0 Å². The Bertz CT molecular complexity index is 769. The van der Waals surface area contributed by atoms with E-state index in [9.17, 15) is 5.11 Å². The van der Waals surface area contributed by atoms with Crippen LogP contribution < -0.4 is 0 Å². The fourth-order valence-electron chi connectivity index (χ4n) is 4.49. The molecule has 26 heavy (non-hydrogen) atoms. The summed E-state index contributed by atoms with van der Waals surface area (Å²) in [5.41, 5.74) is 1.30. The topological polar surface area (TPSA) is 49.3 Å². The number of hydrogen-bond donors (Lipinski definition) is 1. The highest BCUT2D eigenvalue weighted by atomic mass is 32.1. The lowest BCUT2D eigenvalue weighted by molar-refractivity contribution is -0.0119. The van der Waals surface area contributed by atoms with Crippen molar-refractivity contribution >= 4 is 21.6 Å². The van der Waals surface area contributed by atoms with Gasteiger partial charge in [0.25, 0.3) is 0 Å². The lowest BCUT2D eigenvalue weighted by atomic mass is 9.73. The number of fused-ring (bicyclic) bond motifs is 1. The third kappa shape index (κ3) is 3.67. The van der Waals surface area contributed by atoms with E-state index in [4.69, 9.17) is 0 Å². The second-order valence-corrected chi connectivity index (χ2v) is 9.99. The summed E-state index contributed by atoms with van der Waals surface area (Å²) in [7, 11) is 0. The first kappa shape index (κ1) is 18.3. The molecule has 2 fully saturated rings. The average molecular weight is 374 g/mol. The second-order valence-electron chi connectivity index (χ2n) is 8.93. The van der Waals surface area contributed by atoms with Gasteiger partial charge in [-0.2, -0.15) is 0 Å². The van der Waals surface area contributed by atoms with Crippen molar-refractivity contribution in [2.75, 3.05) is 13.1 Å². The highest BCUT2D eigenvalue weighted by Gasteiger charge is 2.30. The molecular formula is C21H31N3OS. The van der Waals surface area contributed by atoms with Gasteiger partial charge in [0.2, 0.25) is 0 Å². The quantitative estimate of drug-likeness (QED) is 0.807. The minimum absolute atomic E-state index is 0.485. The predicted molar refractivity (Wildman–Crippen MR) is 108 cm³/mol. The molecule has 0 aromatic carbocycles. The van der Waals surface area contributed by atoms with E-state index < -0.39 is 6.23 Å². The van der Waals surface area contributed by atoms with Gasteiger partial charge < -0.3 is 5.11 Å². The lowest BCUT2D eigenvalue weighted by Gasteiger charge is -2.33. The second kappa shape index (κ2) is 7.17. The van der Waals surface area contributed by atoms with Gasteiger partial charge in [0.15, 0.2) is 6.23 Å². The molecule has 1 aliphatic carbocycles. The molecule has 2 aliphatic rings. The van der Waals surface area contributed by atoms with Gasteiger partial charge in [-0.25, -0.2) is 9.97 Å². The number of hydrogen-bond acceptors (Lipinski definition) is 5. The monoisotopic (exact) mass is 373 g/mol. The van der Waals surface area contributed by atoms with E-state index in [0.717, 1.165) is 47.7 Å².